The first-order chi connectivity index (χ1) is 13.3. The molecule has 2 rings (SSSR count). The topological polar surface area (TPSA) is 47.9 Å². The minimum absolute atomic E-state index is 0.0000236. The first kappa shape index (κ1) is 21.8. The molecule has 0 aromatic heterocycles. The van der Waals surface area contributed by atoms with E-state index in [1.807, 2.05) is 24.3 Å². The molecule has 0 amide bonds. The predicted molar refractivity (Wildman–Crippen MR) is 109 cm³/mol. The lowest BCUT2D eigenvalue weighted by molar-refractivity contribution is 0.0831. The normalized spacial score (nSPS) is 21.3. The van der Waals surface area contributed by atoms with Crippen LogP contribution in [0.2, 0.25) is 0 Å². The molecule has 1 unspecified atom stereocenters. The number of rotatable bonds is 12. The van der Waals surface area contributed by atoms with E-state index in [0.29, 0.717) is 12.7 Å². The number of methoxy groups -OCH3 is 1. The summed E-state index contributed by atoms with van der Waals surface area (Å²) in [5, 5.41) is 9.41. The van der Waals surface area contributed by atoms with Gasteiger partial charge in [0.25, 0.3) is 0 Å². The van der Waals surface area contributed by atoms with Crippen molar-refractivity contribution in [3.63, 3.8) is 0 Å². The summed E-state index contributed by atoms with van der Waals surface area (Å²) in [5.74, 6) is 1.66. The maximum absolute atomic E-state index is 9.41. The van der Waals surface area contributed by atoms with E-state index >= 15 is 0 Å². The maximum atomic E-state index is 9.41. The van der Waals surface area contributed by atoms with Crippen LogP contribution in [-0.4, -0.2) is 31.5 Å². The number of hydrogen-bond donors (Lipinski definition) is 1. The molecule has 1 aromatic rings. The highest BCUT2D eigenvalue weighted by Gasteiger charge is 2.21. The predicted octanol–water partition coefficient (Wildman–Crippen LogP) is 5.41. The Labute approximate surface area is 164 Å². The van der Waals surface area contributed by atoms with E-state index in [1.54, 1.807) is 19.6 Å². The van der Waals surface area contributed by atoms with Gasteiger partial charge in [-0.1, -0.05) is 44.7 Å². The first-order valence-electron chi connectivity index (χ1n) is 10.4. The van der Waals surface area contributed by atoms with Gasteiger partial charge in [0.05, 0.1) is 19.3 Å². The van der Waals surface area contributed by atoms with Crippen LogP contribution in [0, 0.1) is 5.92 Å². The molecule has 0 aliphatic heterocycles. The molecule has 1 fully saturated rings. The summed E-state index contributed by atoms with van der Waals surface area (Å²) in [4.78, 5) is 0. The third-order valence-electron chi connectivity index (χ3n) is 5.48. The fourth-order valence-electron chi connectivity index (χ4n) is 3.76. The van der Waals surface area contributed by atoms with Gasteiger partial charge in [-0.2, -0.15) is 0 Å². The van der Waals surface area contributed by atoms with Gasteiger partial charge in [-0.25, -0.2) is 0 Å². The highest BCUT2D eigenvalue weighted by Crippen LogP contribution is 2.30. The number of benzene rings is 1. The zero-order valence-electron chi connectivity index (χ0n) is 16.9. The molecule has 1 aliphatic carbocycles. The van der Waals surface area contributed by atoms with Crippen molar-refractivity contribution in [3.8, 4) is 5.75 Å². The van der Waals surface area contributed by atoms with Crippen molar-refractivity contribution in [2.75, 3.05) is 20.3 Å². The van der Waals surface area contributed by atoms with E-state index in [1.165, 1.54) is 38.5 Å². The Morgan fingerprint density at radius 3 is 2.44 bits per heavy atom. The smallest absolute Gasteiger partial charge is 0.126 e. The number of hydrogen-bond acceptors (Lipinski definition) is 4. The fraction of sp³-hybridized carbons (Fsp3) is 0.652. The molecule has 1 aliphatic rings. The molecule has 1 saturated carbocycles. The van der Waals surface area contributed by atoms with Crippen molar-refractivity contribution in [3.05, 3.63) is 42.4 Å². The second-order valence-electron chi connectivity index (χ2n) is 7.57. The summed E-state index contributed by atoms with van der Waals surface area (Å²) >= 11 is 0. The molecule has 4 nitrogen and oxygen atoms in total. The molecule has 0 saturated heterocycles. The molecule has 0 bridgehead atoms. The molecule has 0 heterocycles. The van der Waals surface area contributed by atoms with Gasteiger partial charge in [-0.15, -0.1) is 0 Å². The number of unbranched alkanes of at least 4 members (excludes halogenated alkanes) is 2. The van der Waals surface area contributed by atoms with Crippen LogP contribution >= 0.6 is 0 Å². The Balaban J connectivity index is 1.66. The third kappa shape index (κ3) is 7.94. The first-order valence-corrected chi connectivity index (χ1v) is 10.4. The summed E-state index contributed by atoms with van der Waals surface area (Å²) in [5.41, 5.74) is 1.04. The lowest BCUT2D eigenvalue weighted by atomic mass is 9.84. The van der Waals surface area contributed by atoms with Gasteiger partial charge in [0.2, 0.25) is 0 Å². The van der Waals surface area contributed by atoms with Gasteiger partial charge >= 0.3 is 0 Å². The van der Waals surface area contributed by atoms with Crippen molar-refractivity contribution in [2.45, 2.75) is 70.3 Å². The van der Waals surface area contributed by atoms with Crippen molar-refractivity contribution in [2.24, 2.45) is 5.92 Å². The minimum Gasteiger partial charge on any atom is -0.495 e. The van der Waals surface area contributed by atoms with E-state index in [0.717, 1.165) is 30.1 Å². The highest BCUT2D eigenvalue weighted by molar-refractivity contribution is 5.30. The number of aliphatic hydroxyl groups excluding tert-OH is 1. The van der Waals surface area contributed by atoms with Crippen LogP contribution < -0.4 is 4.74 Å². The lowest BCUT2D eigenvalue weighted by Crippen LogP contribution is -2.20. The SMILES string of the molecule is CCCCCC1CCC(O/C=C\Oc2ccc(C(CO)COC)cc2)CC1. The van der Waals surface area contributed by atoms with Gasteiger partial charge in [0.15, 0.2) is 0 Å². The Morgan fingerprint density at radius 2 is 1.81 bits per heavy atom. The van der Waals surface area contributed by atoms with Crippen LogP contribution in [-0.2, 0) is 9.47 Å². The van der Waals surface area contributed by atoms with Crippen LogP contribution in [0.25, 0.3) is 0 Å². The Morgan fingerprint density at radius 1 is 1.07 bits per heavy atom. The van der Waals surface area contributed by atoms with Gasteiger partial charge in [0.1, 0.15) is 18.3 Å². The average Bonchev–Trinajstić information content (AvgIpc) is 2.71. The second-order valence-corrected chi connectivity index (χ2v) is 7.57. The van der Waals surface area contributed by atoms with Gasteiger partial charge in [-0.05, 0) is 49.3 Å². The molecular weight excluding hydrogens is 340 g/mol. The quantitative estimate of drug-likeness (QED) is 0.391. The summed E-state index contributed by atoms with van der Waals surface area (Å²) < 4.78 is 16.6. The van der Waals surface area contributed by atoms with Crippen LogP contribution in [0.15, 0.2) is 36.8 Å². The van der Waals surface area contributed by atoms with Crippen molar-refractivity contribution in [1.82, 2.24) is 0 Å². The zero-order chi connectivity index (χ0) is 19.3. The van der Waals surface area contributed by atoms with E-state index < -0.39 is 0 Å². The van der Waals surface area contributed by atoms with Crippen LogP contribution in [0.4, 0.5) is 0 Å². The molecule has 4 heteroatoms. The molecule has 0 spiro atoms. The monoisotopic (exact) mass is 376 g/mol. The molecular formula is C23H36O4. The van der Waals surface area contributed by atoms with Crippen molar-refractivity contribution in [1.29, 1.82) is 0 Å². The van der Waals surface area contributed by atoms with E-state index in [9.17, 15) is 5.11 Å². The molecule has 1 aromatic carbocycles. The second kappa shape index (κ2) is 12.8. The summed E-state index contributed by atoms with van der Waals surface area (Å²) in [6.45, 7) is 2.84. The lowest BCUT2D eigenvalue weighted by Gasteiger charge is -2.27. The average molecular weight is 377 g/mol. The van der Waals surface area contributed by atoms with Crippen LogP contribution in [0.1, 0.15) is 69.8 Å². The summed E-state index contributed by atoms with van der Waals surface area (Å²) in [6.07, 6.45) is 13.9. The molecule has 0 radical (unpaired) electrons. The van der Waals surface area contributed by atoms with E-state index in [4.69, 9.17) is 14.2 Å². The number of aliphatic hydroxyl groups is 1. The van der Waals surface area contributed by atoms with E-state index in [2.05, 4.69) is 6.92 Å². The Kier molecular flexibility index (Phi) is 10.3. The standard InChI is InChI=1S/C23H36O4/c1-3-4-5-6-19-7-11-22(12-8-19)26-15-16-27-23-13-9-20(10-14-23)21(17-24)18-25-2/h9-10,13-16,19,21-22,24H,3-8,11-12,17-18H2,1-2H3/b16-15-. The molecule has 27 heavy (non-hydrogen) atoms. The van der Waals surface area contributed by atoms with Crippen molar-refractivity contribution >= 4 is 0 Å². The Hall–Kier alpha value is -1.52. The van der Waals surface area contributed by atoms with Crippen LogP contribution in [0.3, 0.4) is 0 Å². The van der Waals surface area contributed by atoms with Gasteiger partial charge in [0, 0.05) is 13.0 Å². The number of ether oxygens (including phenoxy) is 3. The third-order valence-corrected chi connectivity index (χ3v) is 5.48. The zero-order valence-corrected chi connectivity index (χ0v) is 16.9. The van der Waals surface area contributed by atoms with Crippen molar-refractivity contribution < 1.29 is 19.3 Å². The minimum atomic E-state index is 0.0000236. The molecule has 1 N–H and O–H groups in total. The Bertz CT molecular complexity index is 518. The highest BCUT2D eigenvalue weighted by atomic mass is 16.5. The fourth-order valence-corrected chi connectivity index (χ4v) is 3.76. The largest absolute Gasteiger partial charge is 0.495 e. The summed E-state index contributed by atoms with van der Waals surface area (Å²) in [7, 11) is 1.64. The maximum Gasteiger partial charge on any atom is 0.126 e. The van der Waals surface area contributed by atoms with E-state index in [-0.39, 0.29) is 12.5 Å². The van der Waals surface area contributed by atoms with Gasteiger partial charge < -0.3 is 19.3 Å². The van der Waals surface area contributed by atoms with Crippen LogP contribution in [0.5, 0.6) is 5.75 Å². The molecule has 1 atom stereocenters. The van der Waals surface area contributed by atoms with Gasteiger partial charge in [-0.3, -0.25) is 0 Å². The molecule has 152 valence electrons. The summed E-state index contributed by atoms with van der Waals surface area (Å²) in [6, 6.07) is 7.73.